The fraction of sp³-hybridized carbons (Fsp3) is 0.818. The molecule has 0 radical (unpaired) electrons. The van der Waals surface area contributed by atoms with Gasteiger partial charge in [0.05, 0.1) is 17.6 Å². The van der Waals surface area contributed by atoms with Crippen LogP contribution in [0.4, 0.5) is 4.79 Å². The zero-order valence-corrected chi connectivity index (χ0v) is 11.9. The molecule has 0 aromatic rings. The Bertz CT molecular complexity index is 519. The maximum Gasteiger partial charge on any atom is 0.326 e. The van der Waals surface area contributed by atoms with Gasteiger partial charge in [0.1, 0.15) is 6.04 Å². The number of nitrogens with zero attached hydrogens (tertiary/aromatic N) is 2. The number of carboxylic acid groups (broad SMARTS) is 1. The average molecular weight is 306 g/mol. The van der Waals surface area contributed by atoms with Gasteiger partial charge in [-0.05, 0) is 6.92 Å². The summed E-state index contributed by atoms with van der Waals surface area (Å²) in [5, 5.41) is 18.6. The van der Waals surface area contributed by atoms with E-state index in [4.69, 9.17) is 5.11 Å². The Hall–Kier alpha value is -1.35. The number of carbonyl (C=O) groups excluding carboxylic acids is 1. The van der Waals surface area contributed by atoms with Crippen molar-refractivity contribution in [3.05, 3.63) is 0 Å². The van der Waals surface area contributed by atoms with Crippen molar-refractivity contribution in [1.82, 2.24) is 9.80 Å². The normalized spacial score (nSPS) is 33.2. The number of urea groups is 1. The van der Waals surface area contributed by atoms with Crippen molar-refractivity contribution < 1.29 is 28.2 Å². The summed E-state index contributed by atoms with van der Waals surface area (Å²) in [6.07, 6.45) is -0.856. The molecule has 1 unspecified atom stereocenters. The third-order valence-corrected chi connectivity index (χ3v) is 5.52. The number of aliphatic carboxylic acids is 1. The molecule has 0 aliphatic carbocycles. The Morgan fingerprint density at radius 1 is 1.25 bits per heavy atom. The molecule has 9 heteroatoms. The largest absolute Gasteiger partial charge is 0.480 e. The Balaban J connectivity index is 2.13. The summed E-state index contributed by atoms with van der Waals surface area (Å²) in [4.78, 5) is 26.0. The summed E-state index contributed by atoms with van der Waals surface area (Å²) < 4.78 is 23.0. The topological polar surface area (TPSA) is 115 Å². The van der Waals surface area contributed by atoms with Crippen LogP contribution < -0.4 is 0 Å². The lowest BCUT2D eigenvalue weighted by molar-refractivity contribution is -0.141. The lowest BCUT2D eigenvalue weighted by Gasteiger charge is -2.37. The molecular weight excluding hydrogens is 288 g/mol. The number of likely N-dealkylation sites (tertiary alicyclic amines) is 1. The van der Waals surface area contributed by atoms with Crippen molar-refractivity contribution in [2.24, 2.45) is 0 Å². The van der Waals surface area contributed by atoms with E-state index >= 15 is 0 Å². The standard InChI is InChI=1S/C11H18N2O6S/c1-7-6-20(18,19)3-2-12(7)11(17)13-5-8(14)4-9(13)10(15)16/h7-9,14H,2-6H2,1H3,(H,15,16)/t7?,8-,9+/m1/s1. The van der Waals surface area contributed by atoms with Gasteiger partial charge in [-0.25, -0.2) is 18.0 Å². The molecule has 2 aliphatic heterocycles. The van der Waals surface area contributed by atoms with Crippen LogP contribution in [0.5, 0.6) is 0 Å². The molecule has 0 spiro atoms. The van der Waals surface area contributed by atoms with Gasteiger partial charge in [-0.3, -0.25) is 0 Å². The third-order valence-electron chi connectivity index (χ3n) is 3.73. The lowest BCUT2D eigenvalue weighted by Crippen LogP contribution is -2.56. The van der Waals surface area contributed by atoms with E-state index in [1.807, 2.05) is 0 Å². The summed E-state index contributed by atoms with van der Waals surface area (Å²) in [6, 6.07) is -2.06. The number of hydrogen-bond donors (Lipinski definition) is 2. The summed E-state index contributed by atoms with van der Waals surface area (Å²) in [7, 11) is -3.14. The van der Waals surface area contributed by atoms with Gasteiger partial charge in [0, 0.05) is 25.6 Å². The number of sulfone groups is 1. The molecule has 0 bridgehead atoms. The van der Waals surface area contributed by atoms with Crippen molar-refractivity contribution in [2.75, 3.05) is 24.6 Å². The van der Waals surface area contributed by atoms with Crippen LogP contribution in [-0.4, -0.2) is 83.2 Å². The van der Waals surface area contributed by atoms with E-state index in [1.54, 1.807) is 6.92 Å². The van der Waals surface area contributed by atoms with Crippen LogP contribution in [0.25, 0.3) is 0 Å². The highest BCUT2D eigenvalue weighted by molar-refractivity contribution is 7.91. The van der Waals surface area contributed by atoms with Crippen molar-refractivity contribution in [3.8, 4) is 0 Å². The Kier molecular flexibility index (Phi) is 3.92. The summed E-state index contributed by atoms with van der Waals surface area (Å²) >= 11 is 0. The monoisotopic (exact) mass is 306 g/mol. The molecular formula is C11H18N2O6S. The molecule has 0 aromatic heterocycles. The SMILES string of the molecule is CC1CS(=O)(=O)CCN1C(=O)N1C[C@H](O)C[C@H]1C(=O)O. The van der Waals surface area contributed by atoms with E-state index in [1.165, 1.54) is 4.90 Å². The molecule has 8 nitrogen and oxygen atoms in total. The van der Waals surface area contributed by atoms with Crippen molar-refractivity contribution in [1.29, 1.82) is 0 Å². The lowest BCUT2D eigenvalue weighted by atomic mass is 10.2. The highest BCUT2D eigenvalue weighted by Gasteiger charge is 2.42. The van der Waals surface area contributed by atoms with Crippen LogP contribution >= 0.6 is 0 Å². The van der Waals surface area contributed by atoms with E-state index < -0.39 is 40.0 Å². The first-order valence-corrected chi connectivity index (χ1v) is 8.22. The number of amides is 2. The minimum atomic E-state index is -3.14. The van der Waals surface area contributed by atoms with Crippen LogP contribution in [0.3, 0.4) is 0 Å². The van der Waals surface area contributed by atoms with Gasteiger partial charge in [0.15, 0.2) is 9.84 Å². The zero-order valence-electron chi connectivity index (χ0n) is 11.1. The first-order chi connectivity index (χ1) is 9.21. The van der Waals surface area contributed by atoms with Gasteiger partial charge >= 0.3 is 12.0 Å². The molecule has 2 aliphatic rings. The minimum Gasteiger partial charge on any atom is -0.480 e. The molecule has 20 heavy (non-hydrogen) atoms. The molecule has 0 saturated carbocycles. The van der Waals surface area contributed by atoms with E-state index in [-0.39, 0.29) is 31.0 Å². The van der Waals surface area contributed by atoms with E-state index in [0.717, 1.165) is 4.90 Å². The number of rotatable bonds is 1. The predicted molar refractivity (Wildman–Crippen MR) is 69.0 cm³/mol. The summed E-state index contributed by atoms with van der Waals surface area (Å²) in [5.74, 6) is -1.39. The average Bonchev–Trinajstić information content (AvgIpc) is 2.69. The second-order valence-corrected chi connectivity index (χ2v) is 7.56. The maximum absolute atomic E-state index is 12.4. The van der Waals surface area contributed by atoms with Gasteiger partial charge in [0.2, 0.25) is 0 Å². The fourth-order valence-corrected chi connectivity index (χ4v) is 4.26. The molecule has 2 N–H and O–H groups in total. The third kappa shape index (κ3) is 2.88. The Morgan fingerprint density at radius 2 is 1.90 bits per heavy atom. The number of carboxylic acids is 1. The van der Waals surface area contributed by atoms with Crippen LogP contribution in [0.1, 0.15) is 13.3 Å². The molecule has 2 heterocycles. The minimum absolute atomic E-state index is 0.00158. The van der Waals surface area contributed by atoms with Crippen LogP contribution in [0, 0.1) is 0 Å². The maximum atomic E-state index is 12.4. The Labute approximate surface area is 116 Å². The molecule has 2 rings (SSSR count). The second kappa shape index (κ2) is 5.21. The molecule has 2 amide bonds. The highest BCUT2D eigenvalue weighted by Crippen LogP contribution is 2.22. The van der Waals surface area contributed by atoms with Crippen molar-refractivity contribution >= 4 is 21.8 Å². The summed E-state index contributed by atoms with van der Waals surface area (Å²) in [6.45, 7) is 1.64. The van der Waals surface area contributed by atoms with Crippen LogP contribution in [0.2, 0.25) is 0 Å². The van der Waals surface area contributed by atoms with E-state index in [9.17, 15) is 23.1 Å². The van der Waals surface area contributed by atoms with E-state index in [2.05, 4.69) is 0 Å². The summed E-state index contributed by atoms with van der Waals surface area (Å²) in [5.41, 5.74) is 0. The smallest absolute Gasteiger partial charge is 0.326 e. The molecule has 0 aromatic carbocycles. The van der Waals surface area contributed by atoms with E-state index in [0.29, 0.717) is 0 Å². The number of aliphatic hydroxyl groups excluding tert-OH is 1. The second-order valence-electron chi connectivity index (χ2n) is 5.34. The van der Waals surface area contributed by atoms with Gasteiger partial charge in [-0.1, -0.05) is 0 Å². The quantitative estimate of drug-likeness (QED) is 0.625. The number of β-amino-alcohol motifs (C(OH)–C–C–N with tert-alkyl or cyclic N) is 1. The van der Waals surface area contributed by atoms with Crippen molar-refractivity contribution in [3.63, 3.8) is 0 Å². The fourth-order valence-electron chi connectivity index (χ4n) is 2.71. The van der Waals surface area contributed by atoms with Crippen LogP contribution in [0.15, 0.2) is 0 Å². The number of carbonyl (C=O) groups is 2. The molecule has 2 fully saturated rings. The van der Waals surface area contributed by atoms with Gasteiger partial charge in [-0.2, -0.15) is 0 Å². The van der Waals surface area contributed by atoms with Crippen LogP contribution in [-0.2, 0) is 14.6 Å². The molecule has 3 atom stereocenters. The van der Waals surface area contributed by atoms with Gasteiger partial charge in [-0.15, -0.1) is 0 Å². The first kappa shape index (κ1) is 15.0. The highest BCUT2D eigenvalue weighted by atomic mass is 32.2. The predicted octanol–water partition coefficient (Wildman–Crippen LogP) is -1.25. The zero-order chi connectivity index (χ0) is 15.1. The first-order valence-electron chi connectivity index (χ1n) is 6.40. The van der Waals surface area contributed by atoms with Gasteiger partial charge < -0.3 is 20.0 Å². The van der Waals surface area contributed by atoms with Crippen molar-refractivity contribution in [2.45, 2.75) is 31.5 Å². The molecule has 2 saturated heterocycles. The van der Waals surface area contributed by atoms with Gasteiger partial charge in [0.25, 0.3) is 0 Å². The number of hydrogen-bond acceptors (Lipinski definition) is 5. The Morgan fingerprint density at radius 3 is 2.45 bits per heavy atom. The number of aliphatic hydroxyl groups is 1. The molecule has 114 valence electrons.